The summed E-state index contributed by atoms with van der Waals surface area (Å²) in [6.07, 6.45) is 0. The second-order valence-electron chi connectivity index (χ2n) is 2.06. The molecule has 0 aliphatic rings. The van der Waals surface area contributed by atoms with Gasteiger partial charge in [-0.25, -0.2) is 0 Å². The number of carbonyl (C=O) groups is 1. The minimum Gasteiger partial charge on any atom is -0.313 e. The minimum atomic E-state index is 0.0405. The average Bonchev–Trinajstić information content (AvgIpc) is 2.36. The van der Waals surface area contributed by atoms with Crippen molar-refractivity contribution < 1.29 is 4.79 Å². The van der Waals surface area contributed by atoms with Crippen LogP contribution in [0.1, 0.15) is 10.4 Å². The van der Waals surface area contributed by atoms with Crippen LogP contribution in [0.5, 0.6) is 0 Å². The van der Waals surface area contributed by atoms with Gasteiger partial charge < -0.3 is 5.32 Å². The molecule has 1 aromatic heterocycles. The summed E-state index contributed by atoms with van der Waals surface area (Å²) >= 11 is 7.12. The van der Waals surface area contributed by atoms with Gasteiger partial charge in [-0.3, -0.25) is 4.79 Å². The fourth-order valence-corrected chi connectivity index (χ4v) is 1.70. The summed E-state index contributed by atoms with van der Waals surface area (Å²) in [6, 6.07) is 1.74. The molecule has 1 rings (SSSR count). The van der Waals surface area contributed by atoms with Gasteiger partial charge in [0.1, 0.15) is 4.34 Å². The van der Waals surface area contributed by atoms with E-state index in [9.17, 15) is 4.79 Å². The van der Waals surface area contributed by atoms with Gasteiger partial charge in [0.2, 0.25) is 0 Å². The van der Waals surface area contributed by atoms with Crippen LogP contribution in [0.2, 0.25) is 4.34 Å². The van der Waals surface area contributed by atoms with Crippen molar-refractivity contribution in [1.29, 1.82) is 0 Å². The van der Waals surface area contributed by atoms with Crippen LogP contribution in [0, 0.1) is 0 Å². The SMILES string of the molecule is CNCC(=O)c1ccsc1Cl. The predicted molar refractivity (Wildman–Crippen MR) is 47.6 cm³/mol. The Morgan fingerprint density at radius 1 is 1.82 bits per heavy atom. The Balaban J connectivity index is 2.76. The van der Waals surface area contributed by atoms with Crippen molar-refractivity contribution in [1.82, 2.24) is 5.32 Å². The van der Waals surface area contributed by atoms with Crippen LogP contribution in [0.15, 0.2) is 11.4 Å². The Kier molecular flexibility index (Phi) is 3.05. The first kappa shape index (κ1) is 8.71. The van der Waals surface area contributed by atoms with Crippen molar-refractivity contribution in [3.8, 4) is 0 Å². The van der Waals surface area contributed by atoms with Crippen molar-refractivity contribution in [3.63, 3.8) is 0 Å². The number of likely N-dealkylation sites (N-methyl/N-ethyl adjacent to an activating group) is 1. The van der Waals surface area contributed by atoms with Crippen molar-refractivity contribution in [2.45, 2.75) is 0 Å². The molecule has 0 aliphatic heterocycles. The molecule has 0 atom stereocenters. The van der Waals surface area contributed by atoms with Crippen LogP contribution in [-0.2, 0) is 0 Å². The van der Waals surface area contributed by atoms with Crippen molar-refractivity contribution in [3.05, 3.63) is 21.3 Å². The molecular weight excluding hydrogens is 182 g/mol. The lowest BCUT2D eigenvalue weighted by molar-refractivity contribution is 0.0994. The molecule has 11 heavy (non-hydrogen) atoms. The number of rotatable bonds is 3. The Morgan fingerprint density at radius 3 is 3.00 bits per heavy atom. The van der Waals surface area contributed by atoms with E-state index in [1.54, 1.807) is 13.1 Å². The van der Waals surface area contributed by atoms with Gasteiger partial charge in [0.25, 0.3) is 0 Å². The Labute approximate surface area is 74.2 Å². The molecule has 0 unspecified atom stereocenters. The van der Waals surface area contributed by atoms with E-state index in [2.05, 4.69) is 5.32 Å². The summed E-state index contributed by atoms with van der Waals surface area (Å²) in [5.41, 5.74) is 0.617. The van der Waals surface area contributed by atoms with Gasteiger partial charge in [-0.2, -0.15) is 0 Å². The van der Waals surface area contributed by atoms with Crippen LogP contribution in [0.25, 0.3) is 0 Å². The highest BCUT2D eigenvalue weighted by Crippen LogP contribution is 2.22. The largest absolute Gasteiger partial charge is 0.313 e. The fraction of sp³-hybridized carbons (Fsp3) is 0.286. The van der Waals surface area contributed by atoms with E-state index in [1.165, 1.54) is 11.3 Å². The Hall–Kier alpha value is -0.380. The molecule has 0 bridgehead atoms. The summed E-state index contributed by atoms with van der Waals surface area (Å²) in [6.45, 7) is 0.344. The van der Waals surface area contributed by atoms with Crippen LogP contribution < -0.4 is 5.32 Å². The van der Waals surface area contributed by atoms with Crippen LogP contribution in [0.4, 0.5) is 0 Å². The molecule has 0 saturated carbocycles. The van der Waals surface area contributed by atoms with Crippen LogP contribution in [-0.4, -0.2) is 19.4 Å². The molecule has 0 fully saturated rings. The first-order valence-corrected chi connectivity index (χ1v) is 4.42. The lowest BCUT2D eigenvalue weighted by atomic mass is 10.2. The summed E-state index contributed by atoms with van der Waals surface area (Å²) in [5.74, 6) is 0.0405. The number of halogens is 1. The van der Waals surface area contributed by atoms with E-state index < -0.39 is 0 Å². The van der Waals surface area contributed by atoms with Gasteiger partial charge in [0.15, 0.2) is 5.78 Å². The molecule has 1 heterocycles. The Morgan fingerprint density at radius 2 is 2.55 bits per heavy atom. The van der Waals surface area contributed by atoms with Crippen LogP contribution in [0.3, 0.4) is 0 Å². The monoisotopic (exact) mass is 189 g/mol. The molecule has 0 aromatic carbocycles. The third-order valence-electron chi connectivity index (χ3n) is 1.26. The van der Waals surface area contributed by atoms with Gasteiger partial charge in [0, 0.05) is 5.56 Å². The maximum Gasteiger partial charge on any atom is 0.178 e. The first-order valence-electron chi connectivity index (χ1n) is 3.16. The smallest absolute Gasteiger partial charge is 0.178 e. The lowest BCUT2D eigenvalue weighted by Crippen LogP contribution is -2.18. The molecule has 2 nitrogen and oxygen atoms in total. The number of carbonyl (C=O) groups excluding carboxylic acids is 1. The van der Waals surface area contributed by atoms with Crippen molar-refractivity contribution in [2.75, 3.05) is 13.6 Å². The number of hydrogen-bond acceptors (Lipinski definition) is 3. The highest BCUT2D eigenvalue weighted by Gasteiger charge is 2.09. The number of hydrogen-bond donors (Lipinski definition) is 1. The maximum atomic E-state index is 11.2. The topological polar surface area (TPSA) is 29.1 Å². The Bertz CT molecular complexity index is 259. The van der Waals surface area contributed by atoms with Crippen LogP contribution >= 0.6 is 22.9 Å². The van der Waals surface area contributed by atoms with Crippen molar-refractivity contribution in [2.24, 2.45) is 0 Å². The second-order valence-corrected chi connectivity index (χ2v) is 3.58. The van der Waals surface area contributed by atoms with Gasteiger partial charge in [-0.15, -0.1) is 11.3 Å². The zero-order chi connectivity index (χ0) is 8.27. The standard InChI is InChI=1S/C7H8ClNOS/c1-9-4-6(10)5-2-3-11-7(5)8/h2-3,9H,4H2,1H3. The van der Waals surface area contributed by atoms with Gasteiger partial charge >= 0.3 is 0 Å². The number of thiophene rings is 1. The lowest BCUT2D eigenvalue weighted by Gasteiger charge is -1.95. The fourth-order valence-electron chi connectivity index (χ4n) is 0.749. The zero-order valence-electron chi connectivity index (χ0n) is 6.06. The van der Waals surface area contributed by atoms with E-state index in [1.807, 2.05) is 5.38 Å². The quantitative estimate of drug-likeness (QED) is 0.735. The highest BCUT2D eigenvalue weighted by atomic mass is 35.5. The summed E-state index contributed by atoms with van der Waals surface area (Å²) in [5, 5.41) is 4.59. The summed E-state index contributed by atoms with van der Waals surface area (Å²) < 4.78 is 0.574. The number of ketones is 1. The molecule has 0 amide bonds. The van der Waals surface area contributed by atoms with E-state index in [0.717, 1.165) is 0 Å². The van der Waals surface area contributed by atoms with E-state index >= 15 is 0 Å². The normalized spacial score (nSPS) is 10.0. The summed E-state index contributed by atoms with van der Waals surface area (Å²) in [7, 11) is 1.73. The van der Waals surface area contributed by atoms with Gasteiger partial charge in [-0.1, -0.05) is 11.6 Å². The molecule has 1 aromatic rings. The van der Waals surface area contributed by atoms with Gasteiger partial charge in [-0.05, 0) is 18.5 Å². The number of Topliss-reactive ketones (excluding diaryl/α,β-unsaturated/α-hetero) is 1. The molecule has 4 heteroatoms. The maximum absolute atomic E-state index is 11.2. The molecule has 60 valence electrons. The molecule has 0 saturated heterocycles. The molecule has 0 aliphatic carbocycles. The zero-order valence-corrected chi connectivity index (χ0v) is 7.63. The molecule has 1 N–H and O–H groups in total. The van der Waals surface area contributed by atoms with Gasteiger partial charge in [0.05, 0.1) is 6.54 Å². The van der Waals surface area contributed by atoms with E-state index in [-0.39, 0.29) is 5.78 Å². The van der Waals surface area contributed by atoms with Crippen molar-refractivity contribution >= 4 is 28.7 Å². The molecular formula is C7H8ClNOS. The van der Waals surface area contributed by atoms with E-state index in [0.29, 0.717) is 16.4 Å². The molecule has 0 spiro atoms. The second kappa shape index (κ2) is 3.85. The van der Waals surface area contributed by atoms with E-state index in [4.69, 9.17) is 11.6 Å². The molecule has 0 radical (unpaired) electrons. The number of nitrogens with one attached hydrogen (secondary N) is 1. The predicted octanol–water partition coefficient (Wildman–Crippen LogP) is 1.80. The third kappa shape index (κ3) is 2.02. The third-order valence-corrected chi connectivity index (χ3v) is 2.43. The minimum absolute atomic E-state index is 0.0405. The average molecular weight is 190 g/mol. The summed E-state index contributed by atoms with van der Waals surface area (Å²) in [4.78, 5) is 11.2. The first-order chi connectivity index (χ1) is 5.25. The highest BCUT2D eigenvalue weighted by molar-refractivity contribution is 7.14.